The molecule has 2 N–H and O–H groups in total. The summed E-state index contributed by atoms with van der Waals surface area (Å²) >= 11 is 0. The SMILES string of the molecule is Cc1ccncc1CN(C)CCN. The maximum atomic E-state index is 5.46. The fourth-order valence-corrected chi connectivity index (χ4v) is 1.25. The van der Waals surface area contributed by atoms with E-state index in [2.05, 4.69) is 23.9 Å². The van der Waals surface area contributed by atoms with E-state index in [1.54, 1.807) is 0 Å². The molecule has 0 amide bonds. The van der Waals surface area contributed by atoms with Crippen molar-refractivity contribution in [1.29, 1.82) is 0 Å². The molecular formula is C10H17N3. The number of aryl methyl sites for hydroxylation is 1. The number of nitrogens with two attached hydrogens (primary N) is 1. The summed E-state index contributed by atoms with van der Waals surface area (Å²) in [6.45, 7) is 4.66. The summed E-state index contributed by atoms with van der Waals surface area (Å²) in [6, 6.07) is 2.03. The van der Waals surface area contributed by atoms with Crippen LogP contribution in [0.2, 0.25) is 0 Å². The molecule has 0 aliphatic heterocycles. The number of pyridine rings is 1. The van der Waals surface area contributed by atoms with Crippen LogP contribution in [0.1, 0.15) is 11.1 Å². The minimum absolute atomic E-state index is 0.704. The zero-order chi connectivity index (χ0) is 9.68. The van der Waals surface area contributed by atoms with Gasteiger partial charge in [-0.1, -0.05) is 0 Å². The summed E-state index contributed by atoms with van der Waals surface area (Å²) in [6.07, 6.45) is 3.74. The molecule has 0 aromatic carbocycles. The first-order valence-corrected chi connectivity index (χ1v) is 4.52. The van der Waals surface area contributed by atoms with Gasteiger partial charge < -0.3 is 10.6 Å². The molecule has 13 heavy (non-hydrogen) atoms. The lowest BCUT2D eigenvalue weighted by Crippen LogP contribution is -2.25. The molecule has 1 rings (SSSR count). The van der Waals surface area contributed by atoms with Gasteiger partial charge in [-0.2, -0.15) is 0 Å². The van der Waals surface area contributed by atoms with Gasteiger partial charge in [0.25, 0.3) is 0 Å². The topological polar surface area (TPSA) is 42.2 Å². The van der Waals surface area contributed by atoms with Gasteiger partial charge in [-0.25, -0.2) is 0 Å². The Morgan fingerprint density at radius 3 is 2.92 bits per heavy atom. The highest BCUT2D eigenvalue weighted by atomic mass is 15.1. The quantitative estimate of drug-likeness (QED) is 0.742. The van der Waals surface area contributed by atoms with Gasteiger partial charge in [-0.05, 0) is 31.2 Å². The van der Waals surface area contributed by atoms with Crippen molar-refractivity contribution in [2.75, 3.05) is 20.1 Å². The molecule has 3 nitrogen and oxygen atoms in total. The molecule has 0 atom stereocenters. The van der Waals surface area contributed by atoms with Gasteiger partial charge in [0.05, 0.1) is 0 Å². The van der Waals surface area contributed by atoms with E-state index in [1.807, 2.05) is 18.5 Å². The number of hydrogen-bond acceptors (Lipinski definition) is 3. The second kappa shape index (κ2) is 4.94. The third-order valence-electron chi connectivity index (χ3n) is 2.10. The maximum absolute atomic E-state index is 5.46. The average molecular weight is 179 g/mol. The number of aromatic nitrogens is 1. The Balaban J connectivity index is 2.58. The zero-order valence-corrected chi connectivity index (χ0v) is 8.33. The van der Waals surface area contributed by atoms with Crippen molar-refractivity contribution >= 4 is 0 Å². The van der Waals surface area contributed by atoms with Crippen LogP contribution < -0.4 is 5.73 Å². The van der Waals surface area contributed by atoms with Gasteiger partial charge in [-0.3, -0.25) is 4.98 Å². The lowest BCUT2D eigenvalue weighted by Gasteiger charge is -2.16. The van der Waals surface area contributed by atoms with Crippen molar-refractivity contribution < 1.29 is 0 Å². The Morgan fingerprint density at radius 1 is 1.54 bits per heavy atom. The van der Waals surface area contributed by atoms with Crippen molar-refractivity contribution in [2.45, 2.75) is 13.5 Å². The van der Waals surface area contributed by atoms with E-state index in [1.165, 1.54) is 11.1 Å². The minimum atomic E-state index is 0.704. The van der Waals surface area contributed by atoms with Crippen LogP contribution in [0.4, 0.5) is 0 Å². The smallest absolute Gasteiger partial charge is 0.0315 e. The Kier molecular flexibility index (Phi) is 3.86. The first-order valence-electron chi connectivity index (χ1n) is 4.52. The number of likely N-dealkylation sites (N-methyl/N-ethyl adjacent to an activating group) is 1. The molecule has 0 fully saturated rings. The lowest BCUT2D eigenvalue weighted by molar-refractivity contribution is 0.335. The van der Waals surface area contributed by atoms with Gasteiger partial charge in [0.15, 0.2) is 0 Å². The summed E-state index contributed by atoms with van der Waals surface area (Å²) in [4.78, 5) is 6.30. The predicted octanol–water partition coefficient (Wildman–Crippen LogP) is 0.781. The minimum Gasteiger partial charge on any atom is -0.329 e. The molecule has 1 heterocycles. The fourth-order valence-electron chi connectivity index (χ4n) is 1.25. The number of nitrogens with zero attached hydrogens (tertiary/aromatic N) is 2. The molecule has 0 aliphatic rings. The molecule has 72 valence electrons. The van der Waals surface area contributed by atoms with E-state index in [0.717, 1.165) is 13.1 Å². The third kappa shape index (κ3) is 3.13. The summed E-state index contributed by atoms with van der Waals surface area (Å²) < 4.78 is 0. The van der Waals surface area contributed by atoms with Crippen LogP contribution in [0.15, 0.2) is 18.5 Å². The highest BCUT2D eigenvalue weighted by molar-refractivity contribution is 5.20. The van der Waals surface area contributed by atoms with Crippen molar-refractivity contribution in [1.82, 2.24) is 9.88 Å². The average Bonchev–Trinajstić information content (AvgIpc) is 2.09. The first kappa shape index (κ1) is 10.2. The maximum Gasteiger partial charge on any atom is 0.0315 e. The van der Waals surface area contributed by atoms with Crippen molar-refractivity contribution in [3.05, 3.63) is 29.6 Å². The van der Waals surface area contributed by atoms with Crippen LogP contribution in [-0.2, 0) is 6.54 Å². The zero-order valence-electron chi connectivity index (χ0n) is 8.33. The van der Waals surface area contributed by atoms with Crippen LogP contribution >= 0.6 is 0 Å². The van der Waals surface area contributed by atoms with Crippen LogP contribution in [0, 0.1) is 6.92 Å². The van der Waals surface area contributed by atoms with Crippen molar-refractivity contribution in [3.63, 3.8) is 0 Å². The molecule has 0 saturated carbocycles. The van der Waals surface area contributed by atoms with Gasteiger partial charge in [-0.15, -0.1) is 0 Å². The summed E-state index contributed by atoms with van der Waals surface area (Å²) in [7, 11) is 2.07. The number of hydrogen-bond donors (Lipinski definition) is 1. The van der Waals surface area contributed by atoms with Gasteiger partial charge in [0.1, 0.15) is 0 Å². The molecule has 0 saturated heterocycles. The van der Waals surface area contributed by atoms with Gasteiger partial charge in [0, 0.05) is 32.0 Å². The normalized spacial score (nSPS) is 10.8. The van der Waals surface area contributed by atoms with E-state index in [9.17, 15) is 0 Å². The largest absolute Gasteiger partial charge is 0.329 e. The Morgan fingerprint density at radius 2 is 2.31 bits per heavy atom. The van der Waals surface area contributed by atoms with Gasteiger partial charge >= 0.3 is 0 Å². The predicted molar refractivity (Wildman–Crippen MR) is 54.4 cm³/mol. The van der Waals surface area contributed by atoms with Gasteiger partial charge in [0.2, 0.25) is 0 Å². The molecule has 0 spiro atoms. The second-order valence-electron chi connectivity index (χ2n) is 3.33. The second-order valence-corrected chi connectivity index (χ2v) is 3.33. The van der Waals surface area contributed by atoms with E-state index in [-0.39, 0.29) is 0 Å². The summed E-state index contributed by atoms with van der Waals surface area (Å²) in [5.74, 6) is 0. The lowest BCUT2D eigenvalue weighted by atomic mass is 10.1. The van der Waals surface area contributed by atoms with Crippen molar-refractivity contribution in [3.8, 4) is 0 Å². The monoisotopic (exact) mass is 179 g/mol. The Labute approximate surface area is 79.6 Å². The Hall–Kier alpha value is -0.930. The first-order chi connectivity index (χ1) is 6.24. The third-order valence-corrected chi connectivity index (χ3v) is 2.10. The standard InChI is InChI=1S/C10H17N3/c1-9-3-5-12-7-10(9)8-13(2)6-4-11/h3,5,7H,4,6,8,11H2,1-2H3. The summed E-state index contributed by atoms with van der Waals surface area (Å²) in [5, 5.41) is 0. The highest BCUT2D eigenvalue weighted by Gasteiger charge is 2.01. The summed E-state index contributed by atoms with van der Waals surface area (Å²) in [5.41, 5.74) is 8.03. The van der Waals surface area contributed by atoms with E-state index in [0.29, 0.717) is 6.54 Å². The van der Waals surface area contributed by atoms with E-state index in [4.69, 9.17) is 5.73 Å². The van der Waals surface area contributed by atoms with Crippen molar-refractivity contribution in [2.24, 2.45) is 5.73 Å². The molecule has 0 aliphatic carbocycles. The molecule has 0 unspecified atom stereocenters. The van der Waals surface area contributed by atoms with Crippen LogP contribution in [0.3, 0.4) is 0 Å². The van der Waals surface area contributed by atoms with E-state index < -0.39 is 0 Å². The molecule has 1 aromatic rings. The molecule has 1 aromatic heterocycles. The van der Waals surface area contributed by atoms with Crippen LogP contribution in [0.25, 0.3) is 0 Å². The Bertz CT molecular complexity index is 260. The molecular weight excluding hydrogens is 162 g/mol. The molecule has 0 bridgehead atoms. The highest BCUT2D eigenvalue weighted by Crippen LogP contribution is 2.06. The van der Waals surface area contributed by atoms with E-state index >= 15 is 0 Å². The van der Waals surface area contributed by atoms with Crippen LogP contribution in [0.5, 0.6) is 0 Å². The number of rotatable bonds is 4. The van der Waals surface area contributed by atoms with Crippen LogP contribution in [-0.4, -0.2) is 30.0 Å². The molecule has 0 radical (unpaired) electrons. The fraction of sp³-hybridized carbons (Fsp3) is 0.500. The molecule has 3 heteroatoms.